The van der Waals surface area contributed by atoms with Crippen molar-refractivity contribution in [1.82, 2.24) is 4.98 Å². The van der Waals surface area contributed by atoms with Crippen molar-refractivity contribution in [3.63, 3.8) is 0 Å². The van der Waals surface area contributed by atoms with E-state index in [0.717, 1.165) is 30.8 Å². The summed E-state index contributed by atoms with van der Waals surface area (Å²) in [5, 5.41) is 11.4. The van der Waals surface area contributed by atoms with Crippen molar-refractivity contribution in [1.29, 1.82) is 5.41 Å². The smallest absolute Gasteiger partial charge is 0.135 e. The molecule has 1 aromatic rings. The standard InChI is InChI=1S/C13H21N3/c1-4-8-15-13-11(7-6-9-16-13)12(14)10(3)5-2/h6-7,9-10,14H,4-5,8H2,1-3H3,(H,15,16). The van der Waals surface area contributed by atoms with Crippen LogP contribution in [0.15, 0.2) is 18.3 Å². The number of nitrogens with one attached hydrogen (secondary N) is 2. The molecule has 2 N–H and O–H groups in total. The Balaban J connectivity index is 2.89. The second-order valence-electron chi connectivity index (χ2n) is 4.05. The van der Waals surface area contributed by atoms with Gasteiger partial charge in [-0.15, -0.1) is 0 Å². The average molecular weight is 219 g/mol. The summed E-state index contributed by atoms with van der Waals surface area (Å²) in [7, 11) is 0. The first-order valence-corrected chi connectivity index (χ1v) is 5.98. The van der Waals surface area contributed by atoms with Gasteiger partial charge in [0.15, 0.2) is 0 Å². The molecule has 1 rings (SSSR count). The second kappa shape index (κ2) is 6.26. The molecule has 0 saturated carbocycles. The average Bonchev–Trinajstić information content (AvgIpc) is 2.34. The van der Waals surface area contributed by atoms with E-state index in [1.165, 1.54) is 0 Å². The molecule has 16 heavy (non-hydrogen) atoms. The molecule has 0 saturated heterocycles. The van der Waals surface area contributed by atoms with E-state index in [9.17, 15) is 0 Å². The zero-order chi connectivity index (χ0) is 12.0. The summed E-state index contributed by atoms with van der Waals surface area (Å²) in [6.07, 6.45) is 3.82. The molecule has 88 valence electrons. The Bertz CT molecular complexity index is 347. The third-order valence-electron chi connectivity index (χ3n) is 2.75. The molecule has 0 spiro atoms. The molecule has 1 aromatic heterocycles. The van der Waals surface area contributed by atoms with Gasteiger partial charge in [0.25, 0.3) is 0 Å². The normalized spacial score (nSPS) is 12.2. The van der Waals surface area contributed by atoms with Crippen molar-refractivity contribution in [2.45, 2.75) is 33.6 Å². The molecule has 0 aliphatic heterocycles. The van der Waals surface area contributed by atoms with Crippen molar-refractivity contribution in [3.8, 4) is 0 Å². The van der Waals surface area contributed by atoms with Crippen LogP contribution < -0.4 is 5.32 Å². The monoisotopic (exact) mass is 219 g/mol. The van der Waals surface area contributed by atoms with Crippen LogP contribution in [0, 0.1) is 11.3 Å². The van der Waals surface area contributed by atoms with Crippen molar-refractivity contribution in [2.24, 2.45) is 5.92 Å². The number of aromatic nitrogens is 1. The van der Waals surface area contributed by atoms with Crippen molar-refractivity contribution in [2.75, 3.05) is 11.9 Å². The largest absolute Gasteiger partial charge is 0.370 e. The van der Waals surface area contributed by atoms with E-state index in [1.54, 1.807) is 6.20 Å². The van der Waals surface area contributed by atoms with Gasteiger partial charge in [0.1, 0.15) is 5.82 Å². The van der Waals surface area contributed by atoms with Crippen LogP contribution >= 0.6 is 0 Å². The molecule has 0 aliphatic rings. The fraction of sp³-hybridized carbons (Fsp3) is 0.538. The van der Waals surface area contributed by atoms with Crippen molar-refractivity contribution in [3.05, 3.63) is 23.9 Å². The molecular formula is C13H21N3. The number of rotatable bonds is 6. The Morgan fingerprint density at radius 2 is 2.25 bits per heavy atom. The molecule has 1 heterocycles. The molecule has 3 heteroatoms. The second-order valence-corrected chi connectivity index (χ2v) is 4.05. The molecular weight excluding hydrogens is 198 g/mol. The molecule has 1 unspecified atom stereocenters. The highest BCUT2D eigenvalue weighted by molar-refractivity contribution is 6.03. The van der Waals surface area contributed by atoms with Crippen molar-refractivity contribution < 1.29 is 0 Å². The van der Waals surface area contributed by atoms with Crippen LogP contribution in [-0.2, 0) is 0 Å². The Kier molecular flexibility index (Phi) is 4.96. The Hall–Kier alpha value is -1.38. The Morgan fingerprint density at radius 1 is 1.50 bits per heavy atom. The maximum absolute atomic E-state index is 8.13. The quantitative estimate of drug-likeness (QED) is 0.721. The van der Waals surface area contributed by atoms with Gasteiger partial charge in [0, 0.05) is 24.0 Å². The van der Waals surface area contributed by atoms with Gasteiger partial charge in [-0.1, -0.05) is 20.8 Å². The summed E-state index contributed by atoms with van der Waals surface area (Å²) < 4.78 is 0. The summed E-state index contributed by atoms with van der Waals surface area (Å²) >= 11 is 0. The summed E-state index contributed by atoms with van der Waals surface area (Å²) in [5.74, 6) is 1.13. The lowest BCUT2D eigenvalue weighted by Crippen LogP contribution is -2.14. The Labute approximate surface area is 97.8 Å². The van der Waals surface area contributed by atoms with Gasteiger partial charge in [-0.25, -0.2) is 4.98 Å². The zero-order valence-corrected chi connectivity index (χ0v) is 10.4. The van der Waals surface area contributed by atoms with Gasteiger partial charge < -0.3 is 10.7 Å². The van der Waals surface area contributed by atoms with Crippen LogP contribution in [0.2, 0.25) is 0 Å². The maximum Gasteiger partial charge on any atom is 0.135 e. The molecule has 3 nitrogen and oxygen atoms in total. The summed E-state index contributed by atoms with van der Waals surface area (Å²) in [5.41, 5.74) is 1.61. The number of hydrogen-bond donors (Lipinski definition) is 2. The fourth-order valence-corrected chi connectivity index (χ4v) is 1.48. The van der Waals surface area contributed by atoms with E-state index in [2.05, 4.69) is 31.1 Å². The first kappa shape index (κ1) is 12.7. The molecule has 0 amide bonds. The minimum Gasteiger partial charge on any atom is -0.370 e. The summed E-state index contributed by atoms with van der Waals surface area (Å²) in [6, 6.07) is 3.86. The van der Waals surface area contributed by atoms with E-state index in [0.29, 0.717) is 5.71 Å². The molecule has 0 bridgehead atoms. The highest BCUT2D eigenvalue weighted by Gasteiger charge is 2.13. The summed E-state index contributed by atoms with van der Waals surface area (Å²) in [4.78, 5) is 4.30. The van der Waals surface area contributed by atoms with E-state index < -0.39 is 0 Å². The van der Waals surface area contributed by atoms with E-state index in [-0.39, 0.29) is 5.92 Å². The lowest BCUT2D eigenvalue weighted by molar-refractivity contribution is 0.736. The van der Waals surface area contributed by atoms with Crippen molar-refractivity contribution >= 4 is 11.5 Å². The number of pyridine rings is 1. The van der Waals surface area contributed by atoms with E-state index in [4.69, 9.17) is 5.41 Å². The number of hydrogen-bond acceptors (Lipinski definition) is 3. The lowest BCUT2D eigenvalue weighted by atomic mass is 9.96. The SMILES string of the molecule is CCCNc1ncccc1C(=N)C(C)CC. The van der Waals surface area contributed by atoms with E-state index in [1.807, 2.05) is 12.1 Å². The predicted molar refractivity (Wildman–Crippen MR) is 69.3 cm³/mol. The summed E-state index contributed by atoms with van der Waals surface area (Å²) in [6.45, 7) is 7.21. The maximum atomic E-state index is 8.13. The van der Waals surface area contributed by atoms with Crippen LogP contribution in [0.25, 0.3) is 0 Å². The van der Waals surface area contributed by atoms with Gasteiger partial charge in [-0.2, -0.15) is 0 Å². The minimum atomic E-state index is 0.284. The molecule has 0 aromatic carbocycles. The Morgan fingerprint density at radius 3 is 2.88 bits per heavy atom. The highest BCUT2D eigenvalue weighted by Crippen LogP contribution is 2.18. The minimum absolute atomic E-state index is 0.284. The predicted octanol–water partition coefficient (Wildman–Crippen LogP) is 3.32. The third-order valence-corrected chi connectivity index (χ3v) is 2.75. The van der Waals surface area contributed by atoms with Gasteiger partial charge in [-0.3, -0.25) is 0 Å². The van der Waals surface area contributed by atoms with Gasteiger partial charge in [-0.05, 0) is 30.9 Å². The first-order chi connectivity index (χ1) is 7.70. The fourth-order valence-electron chi connectivity index (χ4n) is 1.48. The number of anilines is 1. The van der Waals surface area contributed by atoms with Gasteiger partial charge >= 0.3 is 0 Å². The molecule has 0 radical (unpaired) electrons. The van der Waals surface area contributed by atoms with E-state index >= 15 is 0 Å². The van der Waals surface area contributed by atoms with Crippen LogP contribution in [0.5, 0.6) is 0 Å². The van der Waals surface area contributed by atoms with Gasteiger partial charge in [0.2, 0.25) is 0 Å². The van der Waals surface area contributed by atoms with Crippen LogP contribution in [0.1, 0.15) is 39.2 Å². The molecule has 0 aliphatic carbocycles. The van der Waals surface area contributed by atoms with Gasteiger partial charge in [0.05, 0.1) is 0 Å². The lowest BCUT2D eigenvalue weighted by Gasteiger charge is -2.14. The number of nitrogens with zero attached hydrogens (tertiary/aromatic N) is 1. The first-order valence-electron chi connectivity index (χ1n) is 5.98. The highest BCUT2D eigenvalue weighted by atomic mass is 15.0. The third kappa shape index (κ3) is 3.05. The van der Waals surface area contributed by atoms with Crippen LogP contribution in [-0.4, -0.2) is 17.2 Å². The zero-order valence-electron chi connectivity index (χ0n) is 10.4. The molecule has 1 atom stereocenters. The van der Waals surface area contributed by atoms with Crippen LogP contribution in [0.4, 0.5) is 5.82 Å². The molecule has 0 fully saturated rings. The topological polar surface area (TPSA) is 48.8 Å². The van der Waals surface area contributed by atoms with Crippen LogP contribution in [0.3, 0.4) is 0 Å².